The summed E-state index contributed by atoms with van der Waals surface area (Å²) in [6.45, 7) is 16.9. The van der Waals surface area contributed by atoms with Crippen LogP contribution in [-0.4, -0.2) is 37.8 Å². The fourth-order valence-electron chi connectivity index (χ4n) is 4.38. The Morgan fingerprint density at radius 2 is 1.92 bits per heavy atom. The van der Waals surface area contributed by atoms with Gasteiger partial charge >= 0.3 is 0 Å². The average molecular weight is 535 g/mol. The van der Waals surface area contributed by atoms with Gasteiger partial charge in [-0.15, -0.1) is 10.2 Å². The Labute approximate surface area is 226 Å². The maximum absolute atomic E-state index is 9.59. The SMILES string of the molecule is CC(C)Oc1ccc(-c2nnc(-c3cccc4c3CC[C@H]4NCCO[Si](C)(C)C(C)(C)C)s2)cc1C#N. The van der Waals surface area contributed by atoms with E-state index in [1.807, 2.05) is 32.0 Å². The van der Waals surface area contributed by atoms with Gasteiger partial charge in [0, 0.05) is 30.3 Å². The minimum atomic E-state index is -1.73. The minimum absolute atomic E-state index is 0.00860. The molecule has 0 saturated carbocycles. The second-order valence-electron chi connectivity index (χ2n) is 11.4. The molecule has 37 heavy (non-hydrogen) atoms. The van der Waals surface area contributed by atoms with Gasteiger partial charge in [0.15, 0.2) is 8.32 Å². The van der Waals surface area contributed by atoms with Crippen molar-refractivity contribution in [2.45, 2.75) is 77.7 Å². The van der Waals surface area contributed by atoms with Gasteiger partial charge < -0.3 is 14.5 Å². The molecular formula is C29H38N4O2SSi. The van der Waals surface area contributed by atoms with E-state index in [0.29, 0.717) is 17.4 Å². The molecule has 1 N–H and O–H groups in total. The monoisotopic (exact) mass is 534 g/mol. The van der Waals surface area contributed by atoms with E-state index in [4.69, 9.17) is 9.16 Å². The van der Waals surface area contributed by atoms with Gasteiger partial charge in [-0.25, -0.2) is 0 Å². The van der Waals surface area contributed by atoms with Crippen molar-refractivity contribution in [2.75, 3.05) is 13.2 Å². The highest BCUT2D eigenvalue weighted by Crippen LogP contribution is 2.40. The molecule has 1 heterocycles. The number of ether oxygens (including phenoxy) is 1. The summed E-state index contributed by atoms with van der Waals surface area (Å²) < 4.78 is 12.1. The van der Waals surface area contributed by atoms with Crippen molar-refractivity contribution in [3.8, 4) is 33.0 Å². The average Bonchev–Trinajstić information content (AvgIpc) is 3.49. The fourth-order valence-corrected chi connectivity index (χ4v) is 6.32. The first-order valence-electron chi connectivity index (χ1n) is 13.0. The topological polar surface area (TPSA) is 80.1 Å². The summed E-state index contributed by atoms with van der Waals surface area (Å²) in [6, 6.07) is 14.7. The summed E-state index contributed by atoms with van der Waals surface area (Å²) in [5.74, 6) is 0.597. The van der Waals surface area contributed by atoms with Crippen molar-refractivity contribution in [3.63, 3.8) is 0 Å². The van der Waals surface area contributed by atoms with Crippen molar-refractivity contribution in [1.29, 1.82) is 5.26 Å². The van der Waals surface area contributed by atoms with Crippen LogP contribution >= 0.6 is 11.3 Å². The second kappa shape index (κ2) is 11.0. The molecule has 3 aromatic rings. The quantitative estimate of drug-likeness (QED) is 0.232. The summed E-state index contributed by atoms with van der Waals surface area (Å²) in [4.78, 5) is 0. The van der Waals surface area contributed by atoms with Crippen LogP contribution in [0.3, 0.4) is 0 Å². The Kier molecular flexibility index (Phi) is 8.19. The van der Waals surface area contributed by atoms with Crippen molar-refractivity contribution in [1.82, 2.24) is 15.5 Å². The van der Waals surface area contributed by atoms with E-state index < -0.39 is 8.32 Å². The lowest BCUT2D eigenvalue weighted by Gasteiger charge is -2.36. The van der Waals surface area contributed by atoms with Crippen molar-refractivity contribution >= 4 is 19.7 Å². The molecule has 4 rings (SSSR count). The van der Waals surface area contributed by atoms with Gasteiger partial charge in [-0.05, 0) is 74.1 Å². The van der Waals surface area contributed by atoms with Crippen LogP contribution in [-0.2, 0) is 10.8 Å². The molecule has 0 amide bonds. The maximum Gasteiger partial charge on any atom is 0.192 e. The van der Waals surface area contributed by atoms with Crippen LogP contribution in [0.4, 0.5) is 0 Å². The van der Waals surface area contributed by atoms with Gasteiger partial charge in [0.1, 0.15) is 21.8 Å². The van der Waals surface area contributed by atoms with Crippen LogP contribution in [0.25, 0.3) is 21.1 Å². The standard InChI is InChI=1S/C29H38N4O2SSi/c1-19(2)35-26-14-11-20(17-21(26)18-30)27-32-33-28(36-27)24-10-8-9-23-22(24)12-13-25(23)31-15-16-34-37(6,7)29(3,4)5/h8-11,14,17,19,25,31H,12-13,15-16H2,1-7H3/t25-/m1/s1. The molecule has 0 radical (unpaired) electrons. The second-order valence-corrected chi connectivity index (χ2v) is 17.2. The first-order chi connectivity index (χ1) is 17.5. The van der Waals surface area contributed by atoms with E-state index in [1.165, 1.54) is 11.1 Å². The Morgan fingerprint density at radius 3 is 2.62 bits per heavy atom. The molecule has 1 aromatic heterocycles. The molecule has 0 saturated heterocycles. The normalized spacial score (nSPS) is 15.6. The molecule has 0 spiro atoms. The molecule has 0 aliphatic heterocycles. The van der Waals surface area contributed by atoms with Crippen LogP contribution in [0.5, 0.6) is 5.75 Å². The lowest BCUT2D eigenvalue weighted by molar-refractivity contribution is 0.242. The van der Waals surface area contributed by atoms with Crippen LogP contribution < -0.4 is 10.1 Å². The van der Waals surface area contributed by atoms with Gasteiger partial charge in [0.2, 0.25) is 0 Å². The number of nitriles is 1. The largest absolute Gasteiger partial charge is 0.490 e. The van der Waals surface area contributed by atoms with Crippen molar-refractivity contribution in [2.24, 2.45) is 0 Å². The van der Waals surface area contributed by atoms with Crippen LogP contribution in [0.15, 0.2) is 36.4 Å². The highest BCUT2D eigenvalue weighted by Gasteiger charge is 2.37. The highest BCUT2D eigenvalue weighted by atomic mass is 32.1. The molecule has 1 aliphatic rings. The number of nitrogens with one attached hydrogen (secondary N) is 1. The molecule has 2 aromatic carbocycles. The Bertz CT molecular complexity index is 1290. The highest BCUT2D eigenvalue weighted by molar-refractivity contribution is 7.17. The third-order valence-electron chi connectivity index (χ3n) is 7.40. The lowest BCUT2D eigenvalue weighted by atomic mass is 10.0. The molecule has 196 valence electrons. The smallest absolute Gasteiger partial charge is 0.192 e. The Balaban J connectivity index is 1.47. The van der Waals surface area contributed by atoms with E-state index in [9.17, 15) is 5.26 Å². The first kappa shape index (κ1) is 27.5. The Morgan fingerprint density at radius 1 is 1.16 bits per heavy atom. The predicted molar refractivity (Wildman–Crippen MR) is 153 cm³/mol. The number of hydrogen-bond acceptors (Lipinski definition) is 7. The number of fused-ring (bicyclic) bond motifs is 1. The first-order valence-corrected chi connectivity index (χ1v) is 16.8. The molecule has 1 atom stereocenters. The van der Waals surface area contributed by atoms with E-state index >= 15 is 0 Å². The summed E-state index contributed by atoms with van der Waals surface area (Å²) in [6.07, 6.45) is 2.09. The summed E-state index contributed by atoms with van der Waals surface area (Å²) in [7, 11) is -1.73. The molecular weight excluding hydrogens is 496 g/mol. The van der Waals surface area contributed by atoms with Crippen LogP contribution in [0.1, 0.15) is 63.8 Å². The zero-order valence-corrected chi connectivity index (χ0v) is 24.8. The van der Waals surface area contributed by atoms with Gasteiger partial charge in [-0.2, -0.15) is 5.26 Å². The predicted octanol–water partition coefficient (Wildman–Crippen LogP) is 7.13. The molecule has 1 aliphatic carbocycles. The number of rotatable bonds is 9. The van der Waals surface area contributed by atoms with Gasteiger partial charge in [0.25, 0.3) is 0 Å². The molecule has 8 heteroatoms. The molecule has 0 fully saturated rings. The number of hydrogen-bond donors (Lipinski definition) is 1. The van der Waals surface area contributed by atoms with E-state index in [1.54, 1.807) is 11.3 Å². The van der Waals surface area contributed by atoms with E-state index in [-0.39, 0.29) is 11.1 Å². The van der Waals surface area contributed by atoms with Crippen LogP contribution in [0.2, 0.25) is 18.1 Å². The zero-order valence-electron chi connectivity index (χ0n) is 23.0. The summed E-state index contributed by atoms with van der Waals surface area (Å²) in [5, 5.41) is 24.3. The molecule has 0 bridgehead atoms. The summed E-state index contributed by atoms with van der Waals surface area (Å²) >= 11 is 1.56. The van der Waals surface area contributed by atoms with E-state index in [2.05, 4.69) is 73.6 Å². The van der Waals surface area contributed by atoms with Crippen molar-refractivity contribution in [3.05, 3.63) is 53.1 Å². The van der Waals surface area contributed by atoms with Crippen LogP contribution in [0, 0.1) is 11.3 Å². The van der Waals surface area contributed by atoms with Gasteiger partial charge in [-0.1, -0.05) is 50.3 Å². The van der Waals surface area contributed by atoms with Gasteiger partial charge in [0.05, 0.1) is 11.7 Å². The zero-order chi connectivity index (χ0) is 26.8. The third-order valence-corrected chi connectivity index (χ3v) is 12.9. The summed E-state index contributed by atoms with van der Waals surface area (Å²) in [5.41, 5.74) is 5.25. The number of benzene rings is 2. The Hall–Kier alpha value is -2.57. The fraction of sp³-hybridized carbons (Fsp3) is 0.483. The third kappa shape index (κ3) is 6.12. The van der Waals surface area contributed by atoms with Gasteiger partial charge in [-0.3, -0.25) is 0 Å². The molecule has 0 unspecified atom stereocenters. The van der Waals surface area contributed by atoms with Crippen molar-refractivity contribution < 1.29 is 9.16 Å². The number of nitrogens with zero attached hydrogens (tertiary/aromatic N) is 3. The lowest BCUT2D eigenvalue weighted by Crippen LogP contribution is -2.42. The molecule has 6 nitrogen and oxygen atoms in total. The minimum Gasteiger partial charge on any atom is -0.490 e. The maximum atomic E-state index is 9.59. The van der Waals surface area contributed by atoms with E-state index in [0.717, 1.165) is 47.1 Å². The number of aromatic nitrogens is 2.